The molecule has 5 aromatic rings. The molecule has 0 saturated heterocycles. The lowest BCUT2D eigenvalue weighted by Gasteiger charge is -2.17. The van der Waals surface area contributed by atoms with Crippen LogP contribution in [0.2, 0.25) is 0 Å². The Morgan fingerprint density at radius 2 is 1.44 bits per heavy atom. The molecule has 5 rings (SSSR count). The third kappa shape index (κ3) is 4.76. The van der Waals surface area contributed by atoms with Crippen LogP contribution in [0.25, 0.3) is 10.9 Å². The lowest BCUT2D eigenvalue weighted by molar-refractivity contribution is -0.116. The lowest BCUT2D eigenvalue weighted by atomic mass is 9.88. The van der Waals surface area contributed by atoms with Gasteiger partial charge in [0.25, 0.3) is 0 Å². The fraction of sp³-hybridized carbons (Fsp3) is 0.100. The highest BCUT2D eigenvalue weighted by atomic mass is 19.1. The van der Waals surface area contributed by atoms with E-state index in [9.17, 15) is 9.18 Å². The van der Waals surface area contributed by atoms with Crippen molar-refractivity contribution in [2.24, 2.45) is 0 Å². The molecule has 4 aromatic carbocycles. The number of hydrogen-bond donors (Lipinski definition) is 1. The minimum absolute atomic E-state index is 0.0829. The number of benzene rings is 4. The summed E-state index contributed by atoms with van der Waals surface area (Å²) in [5, 5.41) is 4.10. The molecule has 1 heterocycles. The molecule has 0 radical (unpaired) electrons. The number of amides is 1. The van der Waals surface area contributed by atoms with Gasteiger partial charge in [0, 0.05) is 41.7 Å². The molecule has 0 fully saturated rings. The van der Waals surface area contributed by atoms with Gasteiger partial charge in [-0.15, -0.1) is 0 Å². The maximum absolute atomic E-state index is 13.7. The summed E-state index contributed by atoms with van der Waals surface area (Å²) in [4.78, 5) is 13.1. The third-order valence-electron chi connectivity index (χ3n) is 6.11. The molecule has 1 N–H and O–H groups in total. The first-order chi connectivity index (χ1) is 16.7. The molecule has 3 nitrogen and oxygen atoms in total. The second-order valence-corrected chi connectivity index (χ2v) is 8.44. The molecule has 168 valence electrons. The Hall–Kier alpha value is -4.18. The van der Waals surface area contributed by atoms with Crippen molar-refractivity contribution in [1.82, 2.24) is 4.57 Å². The van der Waals surface area contributed by atoms with Crippen LogP contribution < -0.4 is 5.32 Å². The summed E-state index contributed by atoms with van der Waals surface area (Å²) in [5.74, 6) is -0.589. The average Bonchev–Trinajstić information content (AvgIpc) is 3.22. The van der Waals surface area contributed by atoms with Crippen LogP contribution in [0.1, 0.15) is 29.0 Å². The molecule has 1 aromatic heterocycles. The fourth-order valence-corrected chi connectivity index (χ4v) is 4.49. The molecular weight excluding hydrogens is 423 g/mol. The zero-order valence-electron chi connectivity index (χ0n) is 18.7. The van der Waals surface area contributed by atoms with Gasteiger partial charge >= 0.3 is 0 Å². The van der Waals surface area contributed by atoms with Gasteiger partial charge < -0.3 is 9.88 Å². The second kappa shape index (κ2) is 9.75. The summed E-state index contributed by atoms with van der Waals surface area (Å²) in [6, 6.07) is 34.5. The van der Waals surface area contributed by atoms with Gasteiger partial charge in [-0.1, -0.05) is 78.9 Å². The Balaban J connectivity index is 1.54. The van der Waals surface area contributed by atoms with Gasteiger partial charge in [-0.25, -0.2) is 4.39 Å². The third-order valence-corrected chi connectivity index (χ3v) is 6.11. The molecule has 0 aliphatic rings. The number of fused-ring (bicyclic) bond motifs is 1. The second-order valence-electron chi connectivity index (χ2n) is 8.44. The van der Waals surface area contributed by atoms with Crippen molar-refractivity contribution in [3.8, 4) is 0 Å². The highest BCUT2D eigenvalue weighted by molar-refractivity contribution is 5.93. The number of carbonyl (C=O) groups is 1. The molecule has 1 atom stereocenters. The summed E-state index contributed by atoms with van der Waals surface area (Å²) < 4.78 is 15.9. The largest absolute Gasteiger partial charge is 0.343 e. The molecule has 0 saturated carbocycles. The van der Waals surface area contributed by atoms with E-state index in [4.69, 9.17) is 0 Å². The van der Waals surface area contributed by atoms with E-state index < -0.39 is 0 Å². The Morgan fingerprint density at radius 3 is 2.18 bits per heavy atom. The molecule has 1 unspecified atom stereocenters. The number of halogens is 1. The van der Waals surface area contributed by atoms with Crippen molar-refractivity contribution < 1.29 is 9.18 Å². The number of rotatable bonds is 7. The van der Waals surface area contributed by atoms with Crippen molar-refractivity contribution in [2.75, 3.05) is 5.32 Å². The van der Waals surface area contributed by atoms with Gasteiger partial charge in [-0.3, -0.25) is 4.79 Å². The van der Waals surface area contributed by atoms with Crippen LogP contribution in [0.3, 0.4) is 0 Å². The van der Waals surface area contributed by atoms with E-state index in [1.165, 1.54) is 17.7 Å². The predicted molar refractivity (Wildman–Crippen MR) is 135 cm³/mol. The number of nitrogens with zero attached hydrogens (tertiary/aromatic N) is 1. The van der Waals surface area contributed by atoms with Crippen molar-refractivity contribution in [2.45, 2.75) is 18.9 Å². The number of hydrogen-bond acceptors (Lipinski definition) is 1. The van der Waals surface area contributed by atoms with Crippen molar-refractivity contribution in [1.29, 1.82) is 0 Å². The van der Waals surface area contributed by atoms with E-state index in [1.54, 1.807) is 12.1 Å². The van der Waals surface area contributed by atoms with Crippen LogP contribution in [0, 0.1) is 5.82 Å². The van der Waals surface area contributed by atoms with E-state index in [0.717, 1.165) is 34.3 Å². The van der Waals surface area contributed by atoms with Crippen molar-refractivity contribution in [3.63, 3.8) is 0 Å². The van der Waals surface area contributed by atoms with Gasteiger partial charge in [-0.2, -0.15) is 0 Å². The van der Waals surface area contributed by atoms with E-state index in [2.05, 4.69) is 40.3 Å². The van der Waals surface area contributed by atoms with Gasteiger partial charge in [0.1, 0.15) is 5.82 Å². The Kier molecular flexibility index (Phi) is 6.21. The molecular formula is C30H25FN2O. The van der Waals surface area contributed by atoms with Crippen LogP contribution >= 0.6 is 0 Å². The van der Waals surface area contributed by atoms with Crippen LogP contribution in [-0.2, 0) is 11.3 Å². The minimum atomic E-state index is -0.289. The van der Waals surface area contributed by atoms with Crippen molar-refractivity contribution in [3.05, 3.63) is 138 Å². The van der Waals surface area contributed by atoms with Gasteiger partial charge in [-0.05, 0) is 47.0 Å². The Bertz CT molecular complexity index is 1390. The number of anilines is 1. The first kappa shape index (κ1) is 21.7. The fourth-order valence-electron chi connectivity index (χ4n) is 4.49. The summed E-state index contributed by atoms with van der Waals surface area (Å²) in [6.07, 6.45) is 2.39. The smallest absolute Gasteiger partial charge is 0.225 e. The van der Waals surface area contributed by atoms with Gasteiger partial charge in [0.15, 0.2) is 0 Å². The Morgan fingerprint density at radius 1 is 0.794 bits per heavy atom. The van der Waals surface area contributed by atoms with Crippen LogP contribution in [0.4, 0.5) is 10.1 Å². The summed E-state index contributed by atoms with van der Waals surface area (Å²) in [6.45, 7) is 0.730. The zero-order chi connectivity index (χ0) is 23.3. The molecule has 34 heavy (non-hydrogen) atoms. The minimum Gasteiger partial charge on any atom is -0.343 e. The maximum Gasteiger partial charge on any atom is 0.225 e. The molecule has 0 aliphatic heterocycles. The zero-order valence-corrected chi connectivity index (χ0v) is 18.7. The molecule has 0 aliphatic carbocycles. The van der Waals surface area contributed by atoms with E-state index in [0.29, 0.717) is 0 Å². The van der Waals surface area contributed by atoms with Crippen LogP contribution in [0.5, 0.6) is 0 Å². The normalized spacial score (nSPS) is 11.9. The molecule has 0 bridgehead atoms. The van der Waals surface area contributed by atoms with Crippen molar-refractivity contribution >= 4 is 22.5 Å². The highest BCUT2D eigenvalue weighted by Crippen LogP contribution is 2.35. The first-order valence-electron chi connectivity index (χ1n) is 11.4. The van der Waals surface area contributed by atoms with Gasteiger partial charge in [0.2, 0.25) is 5.91 Å². The summed E-state index contributed by atoms with van der Waals surface area (Å²) >= 11 is 0. The van der Waals surface area contributed by atoms with Crippen LogP contribution in [0.15, 0.2) is 115 Å². The molecule has 1 amide bonds. The standard InChI is InChI=1S/C30H25FN2O/c31-24-17-15-23(16-18-24)27(19-30(34)32-25-11-5-2-6-12-25)28-21-33(20-22-9-3-1-4-10-22)29-14-8-7-13-26(28)29/h1-18,21,27H,19-20H2,(H,32,34). The first-order valence-corrected chi connectivity index (χ1v) is 11.4. The number of carbonyl (C=O) groups excluding carboxylic acids is 1. The monoisotopic (exact) mass is 448 g/mol. The van der Waals surface area contributed by atoms with Gasteiger partial charge in [0.05, 0.1) is 0 Å². The average molecular weight is 449 g/mol. The summed E-state index contributed by atoms with van der Waals surface area (Å²) in [5.41, 5.74) is 5.04. The SMILES string of the molecule is O=C(CC(c1ccc(F)cc1)c1cn(Cc2ccccc2)c2ccccc12)Nc1ccccc1. The highest BCUT2D eigenvalue weighted by Gasteiger charge is 2.23. The molecule has 0 spiro atoms. The number of nitrogens with one attached hydrogen (secondary N) is 1. The lowest BCUT2D eigenvalue weighted by Crippen LogP contribution is -2.16. The maximum atomic E-state index is 13.7. The molecule has 4 heteroatoms. The number of aromatic nitrogens is 1. The number of para-hydroxylation sites is 2. The topological polar surface area (TPSA) is 34.0 Å². The van der Waals surface area contributed by atoms with E-state index in [1.807, 2.05) is 60.7 Å². The van der Waals surface area contributed by atoms with E-state index in [-0.39, 0.29) is 24.1 Å². The van der Waals surface area contributed by atoms with Crippen LogP contribution in [-0.4, -0.2) is 10.5 Å². The van der Waals surface area contributed by atoms with E-state index >= 15 is 0 Å². The predicted octanol–water partition coefficient (Wildman–Crippen LogP) is 6.99. The quantitative estimate of drug-likeness (QED) is 0.286. The summed E-state index contributed by atoms with van der Waals surface area (Å²) in [7, 11) is 0. The Labute approximate surface area is 198 Å².